The molecule has 2 amide bonds. The lowest BCUT2D eigenvalue weighted by Gasteiger charge is -2.41. The number of carbonyl (C=O) groups is 2. The number of hydrogen-bond donors (Lipinski definition) is 1. The van der Waals surface area contributed by atoms with Gasteiger partial charge in [0, 0.05) is 17.6 Å². The van der Waals surface area contributed by atoms with E-state index in [0.29, 0.717) is 30.8 Å². The van der Waals surface area contributed by atoms with Crippen molar-refractivity contribution in [2.75, 3.05) is 11.9 Å². The molecule has 0 fully saturated rings. The van der Waals surface area contributed by atoms with Crippen LogP contribution in [-0.2, 0) is 16.0 Å². The predicted octanol–water partition coefficient (Wildman–Crippen LogP) is 6.14. The Morgan fingerprint density at radius 2 is 1.75 bits per heavy atom. The van der Waals surface area contributed by atoms with Gasteiger partial charge in [0.2, 0.25) is 5.91 Å². The van der Waals surface area contributed by atoms with Gasteiger partial charge in [-0.3, -0.25) is 9.59 Å². The maximum atomic E-state index is 13.7. The lowest BCUT2D eigenvalue weighted by molar-refractivity contribution is -0.141. The molecule has 0 saturated heterocycles. The van der Waals surface area contributed by atoms with Crippen LogP contribution in [0.5, 0.6) is 5.75 Å². The molecule has 6 heteroatoms. The number of ether oxygens (including phenoxy) is 1. The Morgan fingerprint density at radius 3 is 2.39 bits per heavy atom. The Morgan fingerprint density at radius 1 is 1.06 bits per heavy atom. The van der Waals surface area contributed by atoms with Crippen LogP contribution in [0.15, 0.2) is 72.8 Å². The SMILES string of the molecule is CC[C@@H](Oc1ccc2c(c1)[C@H](c1ccc(F)cc1)N(C(=O)C(C)(C)C)CC2)C(=O)Nc1ccccc1. The van der Waals surface area contributed by atoms with Crippen LogP contribution in [0.2, 0.25) is 0 Å². The monoisotopic (exact) mass is 488 g/mol. The van der Waals surface area contributed by atoms with Gasteiger partial charge in [-0.25, -0.2) is 4.39 Å². The maximum absolute atomic E-state index is 13.7. The minimum atomic E-state index is -0.677. The number of anilines is 1. The number of amides is 2. The Hall–Kier alpha value is -3.67. The zero-order valence-electron chi connectivity index (χ0n) is 21.3. The van der Waals surface area contributed by atoms with E-state index < -0.39 is 11.5 Å². The predicted molar refractivity (Wildman–Crippen MR) is 139 cm³/mol. The van der Waals surface area contributed by atoms with Crippen molar-refractivity contribution < 1.29 is 18.7 Å². The highest BCUT2D eigenvalue weighted by Gasteiger charge is 2.37. The summed E-state index contributed by atoms with van der Waals surface area (Å²) in [6.07, 6.45) is 0.524. The number of hydrogen-bond acceptors (Lipinski definition) is 3. The highest BCUT2D eigenvalue weighted by molar-refractivity contribution is 5.94. The third-order valence-electron chi connectivity index (χ3n) is 6.42. The first-order valence-electron chi connectivity index (χ1n) is 12.4. The normalized spacial score (nSPS) is 16.1. The van der Waals surface area contributed by atoms with Gasteiger partial charge in [-0.1, -0.05) is 64.1 Å². The van der Waals surface area contributed by atoms with E-state index in [4.69, 9.17) is 4.74 Å². The largest absolute Gasteiger partial charge is 0.481 e. The molecule has 1 aliphatic heterocycles. The van der Waals surface area contributed by atoms with E-state index in [1.807, 2.05) is 81.1 Å². The first-order chi connectivity index (χ1) is 17.2. The smallest absolute Gasteiger partial charge is 0.265 e. The van der Waals surface area contributed by atoms with Crippen LogP contribution >= 0.6 is 0 Å². The molecule has 5 nitrogen and oxygen atoms in total. The molecule has 3 aromatic carbocycles. The lowest BCUT2D eigenvalue weighted by atomic mass is 9.85. The summed E-state index contributed by atoms with van der Waals surface area (Å²) < 4.78 is 19.9. The molecule has 188 valence electrons. The van der Waals surface area contributed by atoms with Crippen molar-refractivity contribution in [3.8, 4) is 5.75 Å². The maximum Gasteiger partial charge on any atom is 0.265 e. The zero-order valence-corrected chi connectivity index (χ0v) is 21.3. The Kier molecular flexibility index (Phi) is 7.43. The van der Waals surface area contributed by atoms with E-state index >= 15 is 0 Å². The Bertz CT molecular complexity index is 1220. The van der Waals surface area contributed by atoms with E-state index in [1.165, 1.54) is 12.1 Å². The van der Waals surface area contributed by atoms with Crippen LogP contribution < -0.4 is 10.1 Å². The van der Waals surface area contributed by atoms with Gasteiger partial charge in [-0.15, -0.1) is 0 Å². The summed E-state index contributed by atoms with van der Waals surface area (Å²) in [5.41, 5.74) is 3.02. The van der Waals surface area contributed by atoms with Crippen LogP contribution in [0.1, 0.15) is 56.8 Å². The summed E-state index contributed by atoms with van der Waals surface area (Å²) in [5.74, 6) is 0.0419. The van der Waals surface area contributed by atoms with E-state index in [1.54, 1.807) is 12.1 Å². The van der Waals surface area contributed by atoms with Gasteiger partial charge >= 0.3 is 0 Å². The van der Waals surface area contributed by atoms with Crippen molar-refractivity contribution in [3.63, 3.8) is 0 Å². The second-order valence-electron chi connectivity index (χ2n) is 10.2. The zero-order chi connectivity index (χ0) is 25.9. The molecular formula is C30H33FN2O3. The van der Waals surface area contributed by atoms with Crippen LogP contribution in [0.3, 0.4) is 0 Å². The van der Waals surface area contributed by atoms with Gasteiger partial charge in [-0.05, 0) is 65.9 Å². The van der Waals surface area contributed by atoms with Crippen LogP contribution in [0.4, 0.5) is 10.1 Å². The first kappa shape index (κ1) is 25.4. The molecule has 0 spiro atoms. The van der Waals surface area contributed by atoms with Gasteiger partial charge < -0.3 is 15.0 Å². The third kappa shape index (κ3) is 5.59. The van der Waals surface area contributed by atoms with Crippen molar-refractivity contribution in [1.29, 1.82) is 0 Å². The molecule has 0 aliphatic carbocycles. The second-order valence-corrected chi connectivity index (χ2v) is 10.2. The van der Waals surface area contributed by atoms with Crippen molar-refractivity contribution in [2.24, 2.45) is 5.41 Å². The number of nitrogens with one attached hydrogen (secondary N) is 1. The number of para-hydroxylation sites is 1. The molecule has 1 N–H and O–H groups in total. The first-order valence-corrected chi connectivity index (χ1v) is 12.4. The molecule has 1 heterocycles. The van der Waals surface area contributed by atoms with Crippen molar-refractivity contribution >= 4 is 17.5 Å². The minimum absolute atomic E-state index is 0.0301. The number of rotatable bonds is 6. The van der Waals surface area contributed by atoms with E-state index in [-0.39, 0.29) is 23.7 Å². The topological polar surface area (TPSA) is 58.6 Å². The third-order valence-corrected chi connectivity index (χ3v) is 6.42. The quantitative estimate of drug-likeness (QED) is 0.453. The summed E-state index contributed by atoms with van der Waals surface area (Å²) >= 11 is 0. The molecule has 1 aliphatic rings. The van der Waals surface area contributed by atoms with Crippen molar-refractivity contribution in [1.82, 2.24) is 4.90 Å². The number of nitrogens with zero attached hydrogens (tertiary/aromatic N) is 1. The Balaban J connectivity index is 1.66. The van der Waals surface area contributed by atoms with Gasteiger partial charge in [0.25, 0.3) is 5.91 Å². The molecule has 0 aromatic heterocycles. The van der Waals surface area contributed by atoms with Gasteiger partial charge in [-0.2, -0.15) is 0 Å². The molecule has 36 heavy (non-hydrogen) atoms. The van der Waals surface area contributed by atoms with E-state index in [2.05, 4.69) is 5.32 Å². The number of fused-ring (bicyclic) bond motifs is 1. The molecule has 0 unspecified atom stereocenters. The average Bonchev–Trinajstić information content (AvgIpc) is 2.86. The van der Waals surface area contributed by atoms with Crippen LogP contribution in [0, 0.1) is 11.2 Å². The highest BCUT2D eigenvalue weighted by atomic mass is 19.1. The molecule has 2 atom stereocenters. The van der Waals surface area contributed by atoms with Gasteiger partial charge in [0.1, 0.15) is 11.6 Å². The fraction of sp³-hybridized carbons (Fsp3) is 0.333. The standard InChI is InChI=1S/C30H33FN2O3/c1-5-26(28(34)32-23-9-7-6-8-10-23)36-24-16-13-20-17-18-33(29(35)30(2,3)4)27(25(20)19-24)21-11-14-22(31)15-12-21/h6-16,19,26-27H,5,17-18H2,1-4H3,(H,32,34)/t26-,27+/m1/s1. The van der Waals surface area contributed by atoms with Crippen molar-refractivity contribution in [3.05, 3.63) is 95.3 Å². The fourth-order valence-corrected chi connectivity index (χ4v) is 4.55. The van der Waals surface area contributed by atoms with Crippen molar-refractivity contribution in [2.45, 2.75) is 52.7 Å². The number of halogens is 1. The molecule has 3 aromatic rings. The Labute approximate surface area is 212 Å². The molecule has 0 radical (unpaired) electrons. The second kappa shape index (κ2) is 10.5. The summed E-state index contributed by atoms with van der Waals surface area (Å²) in [6.45, 7) is 8.19. The summed E-state index contributed by atoms with van der Waals surface area (Å²) in [7, 11) is 0. The van der Waals surface area contributed by atoms with Crippen LogP contribution in [0.25, 0.3) is 0 Å². The van der Waals surface area contributed by atoms with E-state index in [9.17, 15) is 14.0 Å². The highest BCUT2D eigenvalue weighted by Crippen LogP contribution is 2.39. The fourth-order valence-electron chi connectivity index (χ4n) is 4.55. The van der Waals surface area contributed by atoms with Gasteiger partial charge in [0.15, 0.2) is 6.10 Å². The molecule has 0 bridgehead atoms. The molecule has 0 saturated carbocycles. The lowest BCUT2D eigenvalue weighted by Crippen LogP contribution is -2.45. The molecular weight excluding hydrogens is 455 g/mol. The minimum Gasteiger partial charge on any atom is -0.481 e. The van der Waals surface area contributed by atoms with Crippen LogP contribution in [-0.4, -0.2) is 29.4 Å². The number of carbonyl (C=O) groups excluding carboxylic acids is 2. The summed E-state index contributed by atoms with van der Waals surface area (Å²) in [5, 5.41) is 2.90. The summed E-state index contributed by atoms with van der Waals surface area (Å²) in [4.78, 5) is 28.2. The number of benzene rings is 3. The summed E-state index contributed by atoms with van der Waals surface area (Å²) in [6, 6.07) is 21.0. The average molecular weight is 489 g/mol. The van der Waals surface area contributed by atoms with Gasteiger partial charge in [0.05, 0.1) is 6.04 Å². The molecule has 4 rings (SSSR count). The van der Waals surface area contributed by atoms with E-state index in [0.717, 1.165) is 16.7 Å².